The van der Waals surface area contributed by atoms with E-state index in [9.17, 15) is 22.8 Å². The molecule has 4 heterocycles. The highest BCUT2D eigenvalue weighted by molar-refractivity contribution is 7.91. The number of nitrogens with one attached hydrogen (secondary N) is 1. The van der Waals surface area contributed by atoms with Crippen molar-refractivity contribution in [1.82, 2.24) is 19.6 Å². The Labute approximate surface area is 338 Å². The zero-order valence-corrected chi connectivity index (χ0v) is 34.4. The fraction of sp³-hybridized carbons (Fsp3) is 0.477. The molecule has 0 unspecified atom stereocenters. The van der Waals surface area contributed by atoms with Crippen LogP contribution in [0.4, 0.5) is 0 Å². The summed E-state index contributed by atoms with van der Waals surface area (Å²) in [4.78, 5) is 54.8. The van der Waals surface area contributed by atoms with Crippen LogP contribution in [0.1, 0.15) is 82.3 Å². The number of rotatable bonds is 9. The quantitative estimate of drug-likeness (QED) is 0.171. The summed E-state index contributed by atoms with van der Waals surface area (Å²) in [6.07, 6.45) is 11.4. The van der Waals surface area contributed by atoms with E-state index in [4.69, 9.17) is 14.5 Å². The maximum absolute atomic E-state index is 14.9. The van der Waals surface area contributed by atoms with E-state index in [0.717, 1.165) is 47.2 Å². The topological polar surface area (TPSA) is 145 Å². The largest absolute Gasteiger partial charge is 0.496 e. The number of Topliss-reactive ketones (excluding diaryl/α,β-unsaturated/α-hetero) is 1. The lowest BCUT2D eigenvalue weighted by atomic mass is 9.90. The highest BCUT2D eigenvalue weighted by atomic mass is 32.2. The average Bonchev–Trinajstić information content (AvgIpc) is 3.95. The SMILES string of the molecule is COc1ccc2c(O[C@@H]3C[C@H]4C(=O)C[C@]5(C(=O)NS(=O)(=O)C6(C)CC6)C[C@H]5/C=C\CCCCC[C@H](Cc5ccccc5)C(=O)N4C3)cc(-c3nccs3)nc2c1C. The normalized spacial score (nSPS) is 26.8. The van der Waals surface area contributed by atoms with Gasteiger partial charge in [0, 0.05) is 47.4 Å². The minimum atomic E-state index is -3.92. The molecule has 13 heteroatoms. The van der Waals surface area contributed by atoms with Gasteiger partial charge < -0.3 is 14.4 Å². The number of benzene rings is 2. The van der Waals surface area contributed by atoms with Crippen LogP contribution in [-0.4, -0.2) is 71.4 Å². The molecule has 2 aliphatic carbocycles. The predicted octanol–water partition coefficient (Wildman–Crippen LogP) is 7.37. The van der Waals surface area contributed by atoms with Gasteiger partial charge in [0.1, 0.15) is 28.3 Å². The first-order valence-electron chi connectivity index (χ1n) is 20.1. The lowest BCUT2D eigenvalue weighted by Gasteiger charge is -2.29. The maximum Gasteiger partial charge on any atom is 0.240 e. The number of carbonyl (C=O) groups is 3. The Morgan fingerprint density at radius 3 is 2.61 bits per heavy atom. The van der Waals surface area contributed by atoms with E-state index >= 15 is 0 Å². The first-order valence-corrected chi connectivity index (χ1v) is 22.4. The van der Waals surface area contributed by atoms with E-state index in [1.165, 1.54) is 11.3 Å². The molecule has 300 valence electrons. The molecule has 11 nitrogen and oxygen atoms in total. The Kier molecular flexibility index (Phi) is 10.7. The number of amides is 2. The van der Waals surface area contributed by atoms with Crippen LogP contribution in [0.15, 0.2) is 72.3 Å². The van der Waals surface area contributed by atoms with E-state index in [-0.39, 0.29) is 42.9 Å². The Bertz CT molecular complexity index is 2310. The number of aryl methyl sites for hydroxylation is 1. The number of methoxy groups -OCH3 is 1. The number of thiazole rings is 1. The van der Waals surface area contributed by atoms with Crippen LogP contribution in [0.5, 0.6) is 11.5 Å². The molecule has 2 aliphatic heterocycles. The third-order valence-electron chi connectivity index (χ3n) is 12.6. The molecule has 5 atom stereocenters. The molecule has 0 spiro atoms. The first kappa shape index (κ1) is 39.2. The van der Waals surface area contributed by atoms with Crippen LogP contribution in [0.25, 0.3) is 21.6 Å². The third kappa shape index (κ3) is 7.84. The fourth-order valence-electron chi connectivity index (χ4n) is 8.66. The summed E-state index contributed by atoms with van der Waals surface area (Å²) in [5.74, 6) is -0.364. The van der Waals surface area contributed by atoms with Gasteiger partial charge in [0.15, 0.2) is 5.78 Å². The molecule has 0 radical (unpaired) electrons. The summed E-state index contributed by atoms with van der Waals surface area (Å²) >= 11 is 1.47. The Balaban J connectivity index is 1.14. The fourth-order valence-corrected chi connectivity index (χ4v) is 10.6. The number of ether oxygens (including phenoxy) is 2. The van der Waals surface area contributed by atoms with Crippen LogP contribution in [0, 0.1) is 24.2 Å². The molecule has 2 amide bonds. The number of pyridine rings is 1. The lowest BCUT2D eigenvalue weighted by Crippen LogP contribution is -2.47. The van der Waals surface area contributed by atoms with Crippen LogP contribution >= 0.6 is 11.3 Å². The number of sulfonamides is 1. The number of hydrogen-bond acceptors (Lipinski definition) is 10. The van der Waals surface area contributed by atoms with Gasteiger partial charge in [0.25, 0.3) is 0 Å². The summed E-state index contributed by atoms with van der Waals surface area (Å²) < 4.78 is 40.4. The van der Waals surface area contributed by atoms with Crippen molar-refractivity contribution in [3.8, 4) is 22.2 Å². The van der Waals surface area contributed by atoms with Gasteiger partial charge in [-0.15, -0.1) is 11.3 Å². The van der Waals surface area contributed by atoms with Gasteiger partial charge in [0.05, 0.1) is 35.4 Å². The third-order valence-corrected chi connectivity index (χ3v) is 15.6. The summed E-state index contributed by atoms with van der Waals surface area (Å²) in [7, 11) is -2.30. The number of allylic oxidation sites excluding steroid dienone is 2. The molecular weight excluding hydrogens is 761 g/mol. The van der Waals surface area contributed by atoms with E-state index in [2.05, 4.69) is 15.8 Å². The van der Waals surface area contributed by atoms with Crippen LogP contribution < -0.4 is 14.2 Å². The average molecular weight is 811 g/mol. The van der Waals surface area contributed by atoms with Crippen molar-refractivity contribution in [3.05, 3.63) is 83.4 Å². The molecular formula is C44H50N4O7S2. The monoisotopic (exact) mass is 810 g/mol. The van der Waals surface area contributed by atoms with Gasteiger partial charge in [-0.2, -0.15) is 0 Å². The number of carbonyl (C=O) groups excluding carboxylic acids is 3. The minimum absolute atomic E-state index is 0.102. The summed E-state index contributed by atoms with van der Waals surface area (Å²) in [6, 6.07) is 14.8. The van der Waals surface area contributed by atoms with Gasteiger partial charge in [0.2, 0.25) is 21.8 Å². The Morgan fingerprint density at radius 1 is 1.07 bits per heavy atom. The van der Waals surface area contributed by atoms with Gasteiger partial charge in [-0.05, 0) is 82.4 Å². The van der Waals surface area contributed by atoms with Crippen molar-refractivity contribution < 1.29 is 32.3 Å². The van der Waals surface area contributed by atoms with Crippen LogP contribution in [0.3, 0.4) is 0 Å². The van der Waals surface area contributed by atoms with E-state index in [1.807, 2.05) is 66.9 Å². The Hall–Kier alpha value is -4.62. The standard InChI is InChI=1S/C44H50N4O7S2/c1-28-37(54-3)17-16-33-38(24-34(46-39(28)33)40-45-20-21-56-40)55-32-23-35-36(49)26-44(42(51)47-57(52,53)43(2)18-19-43)25-31(44)15-11-6-4-5-10-14-30(41(50)48(35)27-32)22-29-12-8-7-9-13-29/h7-9,11-13,15-17,20-21,24,30-32,35H,4-6,10,14,18-19,22-23,25-27H2,1-3H3,(H,47,51)/b15-11-/t30-,31-,32-,35+,44-/m1/s1. The van der Waals surface area contributed by atoms with Gasteiger partial charge in [-0.3, -0.25) is 19.1 Å². The number of nitrogens with zero attached hydrogens (tertiary/aromatic N) is 3. The molecule has 2 aromatic heterocycles. The molecule has 1 N–H and O–H groups in total. The van der Waals surface area contributed by atoms with Crippen molar-refractivity contribution in [2.75, 3.05) is 13.7 Å². The van der Waals surface area contributed by atoms with Crippen molar-refractivity contribution >= 4 is 49.9 Å². The van der Waals surface area contributed by atoms with Crippen molar-refractivity contribution in [3.63, 3.8) is 0 Å². The zero-order valence-electron chi connectivity index (χ0n) is 32.7. The van der Waals surface area contributed by atoms with Gasteiger partial charge in [-0.1, -0.05) is 55.3 Å². The molecule has 2 saturated carbocycles. The molecule has 57 heavy (non-hydrogen) atoms. The second-order valence-corrected chi connectivity index (χ2v) is 19.7. The molecule has 1 saturated heterocycles. The minimum Gasteiger partial charge on any atom is -0.496 e. The number of hydrogen-bond donors (Lipinski definition) is 1. The van der Waals surface area contributed by atoms with Crippen molar-refractivity contribution in [1.29, 1.82) is 0 Å². The Morgan fingerprint density at radius 2 is 1.88 bits per heavy atom. The molecule has 8 rings (SSSR count). The highest BCUT2D eigenvalue weighted by Gasteiger charge is 2.62. The van der Waals surface area contributed by atoms with Gasteiger partial charge >= 0.3 is 0 Å². The summed E-state index contributed by atoms with van der Waals surface area (Å²) in [6.45, 7) is 3.77. The molecule has 2 aromatic carbocycles. The lowest BCUT2D eigenvalue weighted by molar-refractivity contribution is -0.142. The molecule has 4 aromatic rings. The predicted molar refractivity (Wildman–Crippen MR) is 219 cm³/mol. The molecule has 4 aliphatic rings. The van der Waals surface area contributed by atoms with Gasteiger partial charge in [-0.25, -0.2) is 18.4 Å². The van der Waals surface area contributed by atoms with E-state index in [0.29, 0.717) is 54.8 Å². The maximum atomic E-state index is 14.9. The number of ketones is 1. The van der Waals surface area contributed by atoms with Crippen LogP contribution in [-0.2, 0) is 30.8 Å². The zero-order chi connectivity index (χ0) is 40.0. The summed E-state index contributed by atoms with van der Waals surface area (Å²) in [5, 5.41) is 3.39. The molecule has 0 bridgehead atoms. The second kappa shape index (κ2) is 15.6. The summed E-state index contributed by atoms with van der Waals surface area (Å²) in [5.41, 5.74) is 2.04. The smallest absolute Gasteiger partial charge is 0.240 e. The first-order chi connectivity index (χ1) is 27.4. The second-order valence-electron chi connectivity index (χ2n) is 16.6. The van der Waals surface area contributed by atoms with Crippen molar-refractivity contribution in [2.45, 2.75) is 101 Å². The van der Waals surface area contributed by atoms with E-state index in [1.54, 1.807) is 25.1 Å². The number of aromatic nitrogens is 2. The van der Waals surface area contributed by atoms with Crippen LogP contribution in [0.2, 0.25) is 0 Å². The highest BCUT2D eigenvalue weighted by Crippen LogP contribution is 2.57. The molecule has 3 fully saturated rings. The van der Waals surface area contributed by atoms with E-state index < -0.39 is 38.2 Å². The van der Waals surface area contributed by atoms with Crippen molar-refractivity contribution in [2.24, 2.45) is 17.3 Å². The number of fused-ring (bicyclic) bond motifs is 3.